The minimum atomic E-state index is -0.756. The molecule has 3 N–H and O–H groups in total. The smallest absolute Gasteiger partial charge is 0.262 e. The number of halogens is 1. The Morgan fingerprint density at radius 3 is 2.65 bits per heavy atom. The minimum absolute atomic E-state index is 0.355. The Hall–Kier alpha value is -2.40. The van der Waals surface area contributed by atoms with Gasteiger partial charge in [0.05, 0.1) is 0 Å². The molecule has 0 aromatic heterocycles. The topological polar surface area (TPSA) is 61.4 Å². The molecule has 0 spiro atoms. The molecule has 0 atom stereocenters. The van der Waals surface area contributed by atoms with Gasteiger partial charge in [-0.05, 0) is 30.8 Å². The minimum Gasteiger partial charge on any atom is -0.507 e. The Labute approximate surface area is 116 Å². The average Bonchev–Trinajstić information content (AvgIpc) is 2.41. The third-order valence-electron chi connectivity index (χ3n) is 2.85. The standard InChI is InChI=1S/C15H15FN2O2/c1-17-9-10-5-2-3-7-12(10)18-15(20)14-11(16)6-4-8-13(14)19/h2-8,17,19H,9H2,1H3,(H,18,20). The number of benzene rings is 2. The van der Waals surface area contributed by atoms with E-state index in [1.807, 2.05) is 12.1 Å². The number of para-hydroxylation sites is 1. The van der Waals surface area contributed by atoms with Crippen molar-refractivity contribution in [1.82, 2.24) is 5.32 Å². The maximum atomic E-state index is 13.6. The lowest BCUT2D eigenvalue weighted by atomic mass is 10.1. The van der Waals surface area contributed by atoms with Crippen LogP contribution in [0.1, 0.15) is 15.9 Å². The number of carbonyl (C=O) groups is 1. The van der Waals surface area contributed by atoms with Crippen molar-refractivity contribution >= 4 is 11.6 Å². The Balaban J connectivity index is 2.28. The molecule has 0 saturated heterocycles. The first kappa shape index (κ1) is 14.0. The second kappa shape index (κ2) is 6.16. The molecule has 2 aromatic carbocycles. The quantitative estimate of drug-likeness (QED) is 0.802. The van der Waals surface area contributed by atoms with Crippen LogP contribution in [0.5, 0.6) is 5.75 Å². The van der Waals surface area contributed by atoms with E-state index in [2.05, 4.69) is 10.6 Å². The molecule has 20 heavy (non-hydrogen) atoms. The first-order chi connectivity index (χ1) is 9.63. The summed E-state index contributed by atoms with van der Waals surface area (Å²) >= 11 is 0. The van der Waals surface area contributed by atoms with Crippen LogP contribution in [0.4, 0.5) is 10.1 Å². The van der Waals surface area contributed by atoms with E-state index in [-0.39, 0.29) is 11.3 Å². The number of phenols is 1. The van der Waals surface area contributed by atoms with Gasteiger partial charge in [-0.25, -0.2) is 4.39 Å². The normalized spacial score (nSPS) is 10.3. The number of aromatic hydroxyl groups is 1. The van der Waals surface area contributed by atoms with Crippen molar-refractivity contribution in [3.8, 4) is 5.75 Å². The molecule has 0 fully saturated rings. The van der Waals surface area contributed by atoms with Crippen molar-refractivity contribution in [2.45, 2.75) is 6.54 Å². The number of hydrogen-bond acceptors (Lipinski definition) is 3. The summed E-state index contributed by atoms with van der Waals surface area (Å²) in [6.07, 6.45) is 0. The number of rotatable bonds is 4. The fraction of sp³-hybridized carbons (Fsp3) is 0.133. The van der Waals surface area contributed by atoms with E-state index < -0.39 is 11.7 Å². The molecular weight excluding hydrogens is 259 g/mol. The Morgan fingerprint density at radius 2 is 1.95 bits per heavy atom. The van der Waals surface area contributed by atoms with Crippen LogP contribution < -0.4 is 10.6 Å². The van der Waals surface area contributed by atoms with Gasteiger partial charge in [0, 0.05) is 12.2 Å². The molecule has 0 radical (unpaired) electrons. The van der Waals surface area contributed by atoms with E-state index in [1.165, 1.54) is 12.1 Å². The molecular formula is C15H15FN2O2. The van der Waals surface area contributed by atoms with Gasteiger partial charge in [0.2, 0.25) is 0 Å². The molecule has 0 bridgehead atoms. The van der Waals surface area contributed by atoms with Gasteiger partial charge in [0.1, 0.15) is 17.1 Å². The summed E-state index contributed by atoms with van der Waals surface area (Å²) in [6, 6.07) is 11.0. The molecule has 0 unspecified atom stereocenters. The van der Waals surface area contributed by atoms with Gasteiger partial charge in [-0.2, -0.15) is 0 Å². The monoisotopic (exact) mass is 274 g/mol. The Bertz CT molecular complexity index is 609. The molecule has 0 aliphatic rings. The fourth-order valence-electron chi connectivity index (χ4n) is 1.91. The molecule has 0 saturated carbocycles. The van der Waals surface area contributed by atoms with Gasteiger partial charge in [-0.3, -0.25) is 4.79 Å². The summed E-state index contributed by atoms with van der Waals surface area (Å²) in [5, 5.41) is 15.2. The number of nitrogens with one attached hydrogen (secondary N) is 2. The van der Waals surface area contributed by atoms with Crippen LogP contribution in [-0.2, 0) is 6.54 Å². The van der Waals surface area contributed by atoms with Gasteiger partial charge in [0.15, 0.2) is 0 Å². The lowest BCUT2D eigenvalue weighted by Crippen LogP contribution is -2.16. The molecule has 0 aliphatic carbocycles. The molecule has 104 valence electrons. The molecule has 0 aliphatic heterocycles. The maximum absolute atomic E-state index is 13.6. The van der Waals surface area contributed by atoms with Crippen LogP contribution in [0, 0.1) is 5.82 Å². The predicted molar refractivity (Wildman–Crippen MR) is 75.2 cm³/mol. The fourth-order valence-corrected chi connectivity index (χ4v) is 1.91. The van der Waals surface area contributed by atoms with Gasteiger partial charge >= 0.3 is 0 Å². The summed E-state index contributed by atoms with van der Waals surface area (Å²) in [5.41, 5.74) is 1.10. The molecule has 4 nitrogen and oxygen atoms in total. The third-order valence-corrected chi connectivity index (χ3v) is 2.85. The molecule has 2 aromatic rings. The lowest BCUT2D eigenvalue weighted by Gasteiger charge is -2.11. The summed E-state index contributed by atoms with van der Waals surface area (Å²) in [6.45, 7) is 0.569. The van der Waals surface area contributed by atoms with Gasteiger partial charge < -0.3 is 15.7 Å². The number of anilines is 1. The summed E-state index contributed by atoms with van der Waals surface area (Å²) < 4.78 is 13.6. The van der Waals surface area contributed by atoms with Crippen LogP contribution in [0.25, 0.3) is 0 Å². The van der Waals surface area contributed by atoms with Crippen molar-refractivity contribution in [2.75, 3.05) is 12.4 Å². The third kappa shape index (κ3) is 2.95. The Morgan fingerprint density at radius 1 is 1.20 bits per heavy atom. The van der Waals surface area contributed by atoms with Crippen molar-refractivity contribution in [3.63, 3.8) is 0 Å². The van der Waals surface area contributed by atoms with Crippen LogP contribution in [0.2, 0.25) is 0 Å². The summed E-state index contributed by atoms with van der Waals surface area (Å²) in [7, 11) is 1.79. The van der Waals surface area contributed by atoms with Crippen LogP contribution >= 0.6 is 0 Å². The summed E-state index contributed by atoms with van der Waals surface area (Å²) in [4.78, 5) is 12.1. The van der Waals surface area contributed by atoms with E-state index in [9.17, 15) is 14.3 Å². The van der Waals surface area contributed by atoms with E-state index >= 15 is 0 Å². The van der Waals surface area contributed by atoms with Crippen molar-refractivity contribution in [1.29, 1.82) is 0 Å². The number of amides is 1. The number of hydrogen-bond donors (Lipinski definition) is 3. The van der Waals surface area contributed by atoms with E-state index in [0.717, 1.165) is 11.6 Å². The number of carbonyl (C=O) groups excluding carboxylic acids is 1. The zero-order valence-electron chi connectivity index (χ0n) is 11.0. The molecule has 0 heterocycles. The highest BCUT2D eigenvalue weighted by Gasteiger charge is 2.17. The second-order valence-electron chi connectivity index (χ2n) is 4.28. The second-order valence-corrected chi connectivity index (χ2v) is 4.28. The first-order valence-electron chi connectivity index (χ1n) is 6.15. The van der Waals surface area contributed by atoms with Crippen LogP contribution in [0.3, 0.4) is 0 Å². The highest BCUT2D eigenvalue weighted by atomic mass is 19.1. The van der Waals surface area contributed by atoms with Crippen LogP contribution in [0.15, 0.2) is 42.5 Å². The van der Waals surface area contributed by atoms with Gasteiger partial charge in [-0.1, -0.05) is 24.3 Å². The molecule has 1 amide bonds. The zero-order chi connectivity index (χ0) is 14.5. The number of phenolic OH excluding ortho intramolecular Hbond substituents is 1. The Kier molecular flexibility index (Phi) is 4.32. The molecule has 5 heteroatoms. The van der Waals surface area contributed by atoms with E-state index in [1.54, 1.807) is 19.2 Å². The largest absolute Gasteiger partial charge is 0.507 e. The summed E-state index contributed by atoms with van der Waals surface area (Å²) in [5.74, 6) is -1.81. The first-order valence-corrected chi connectivity index (χ1v) is 6.15. The SMILES string of the molecule is CNCc1ccccc1NC(=O)c1c(O)cccc1F. The molecule has 2 rings (SSSR count). The van der Waals surface area contributed by atoms with Gasteiger partial charge in [-0.15, -0.1) is 0 Å². The highest BCUT2D eigenvalue weighted by molar-refractivity contribution is 6.06. The zero-order valence-corrected chi connectivity index (χ0v) is 11.0. The predicted octanol–water partition coefficient (Wildman–Crippen LogP) is 2.50. The maximum Gasteiger partial charge on any atom is 0.262 e. The van der Waals surface area contributed by atoms with Crippen LogP contribution in [-0.4, -0.2) is 18.1 Å². The van der Waals surface area contributed by atoms with E-state index in [4.69, 9.17) is 0 Å². The highest BCUT2D eigenvalue weighted by Crippen LogP contribution is 2.22. The van der Waals surface area contributed by atoms with Crippen molar-refractivity contribution in [3.05, 3.63) is 59.4 Å². The van der Waals surface area contributed by atoms with Gasteiger partial charge in [0.25, 0.3) is 5.91 Å². The van der Waals surface area contributed by atoms with Crippen molar-refractivity contribution < 1.29 is 14.3 Å². The van der Waals surface area contributed by atoms with Crippen molar-refractivity contribution in [2.24, 2.45) is 0 Å². The average molecular weight is 274 g/mol. The van der Waals surface area contributed by atoms with E-state index in [0.29, 0.717) is 12.2 Å². The lowest BCUT2D eigenvalue weighted by molar-refractivity contribution is 0.102.